The summed E-state index contributed by atoms with van der Waals surface area (Å²) in [6.45, 7) is 1.45. The number of aromatic nitrogens is 1. The van der Waals surface area contributed by atoms with Crippen LogP contribution in [0, 0.1) is 22.5 Å². The third-order valence-corrected chi connectivity index (χ3v) is 3.12. The molecule has 0 unspecified atom stereocenters. The number of nitrogens with zero attached hydrogens (tertiary/aromatic N) is 6. The SMILES string of the molecule is C#CCON=CN1CCN(Cc2ccc(Cl)nc2)C1=N[N+](=O)[O-]. The van der Waals surface area contributed by atoms with Crippen molar-refractivity contribution in [3.05, 3.63) is 39.2 Å². The third kappa shape index (κ3) is 4.82. The van der Waals surface area contributed by atoms with E-state index in [1.54, 1.807) is 23.2 Å². The van der Waals surface area contributed by atoms with Crippen LogP contribution in [0.3, 0.4) is 0 Å². The largest absolute Gasteiger partial charge is 0.381 e. The first kappa shape index (κ1) is 16.5. The summed E-state index contributed by atoms with van der Waals surface area (Å²) in [5.74, 6) is 2.43. The van der Waals surface area contributed by atoms with Gasteiger partial charge < -0.3 is 9.74 Å². The number of terminal acetylenes is 1. The Bertz CT molecular complexity index is 655. The number of nitro groups is 1. The molecule has 2 heterocycles. The molecular formula is C13H13ClN6O3. The van der Waals surface area contributed by atoms with Gasteiger partial charge in [-0.15, -0.1) is 6.42 Å². The van der Waals surface area contributed by atoms with Crippen molar-refractivity contribution < 1.29 is 9.87 Å². The molecule has 1 aliphatic rings. The van der Waals surface area contributed by atoms with Gasteiger partial charge in [0, 0.05) is 25.8 Å². The van der Waals surface area contributed by atoms with Crippen molar-refractivity contribution >= 4 is 23.9 Å². The van der Waals surface area contributed by atoms with Gasteiger partial charge >= 0.3 is 0 Å². The van der Waals surface area contributed by atoms with Gasteiger partial charge in [-0.1, -0.05) is 28.7 Å². The Kier molecular flexibility index (Phi) is 5.71. The smallest absolute Gasteiger partial charge is 0.279 e. The van der Waals surface area contributed by atoms with Crippen LogP contribution in [0.2, 0.25) is 5.15 Å². The van der Waals surface area contributed by atoms with E-state index in [0.29, 0.717) is 24.8 Å². The lowest BCUT2D eigenvalue weighted by atomic mass is 10.3. The molecule has 0 radical (unpaired) electrons. The molecule has 9 nitrogen and oxygen atoms in total. The van der Waals surface area contributed by atoms with Gasteiger partial charge in [0.25, 0.3) is 5.96 Å². The van der Waals surface area contributed by atoms with Gasteiger partial charge in [-0.3, -0.25) is 4.90 Å². The van der Waals surface area contributed by atoms with E-state index in [1.807, 2.05) is 0 Å². The first-order chi connectivity index (χ1) is 11.1. The zero-order valence-corrected chi connectivity index (χ0v) is 12.8. The fourth-order valence-corrected chi connectivity index (χ4v) is 2.06. The van der Waals surface area contributed by atoms with Crippen molar-refractivity contribution in [3.63, 3.8) is 0 Å². The molecule has 0 atom stereocenters. The number of guanidine groups is 1. The minimum absolute atomic E-state index is 0.0201. The first-order valence-electron chi connectivity index (χ1n) is 6.54. The molecule has 1 fully saturated rings. The molecule has 1 aromatic heterocycles. The summed E-state index contributed by atoms with van der Waals surface area (Å²) < 4.78 is 0. The normalized spacial score (nSPS) is 16.1. The molecule has 0 amide bonds. The summed E-state index contributed by atoms with van der Waals surface area (Å²) in [5.41, 5.74) is 0.854. The Hall–Kier alpha value is -2.86. The van der Waals surface area contributed by atoms with Crippen LogP contribution in [-0.2, 0) is 11.4 Å². The van der Waals surface area contributed by atoms with Crippen molar-refractivity contribution in [2.75, 3.05) is 19.7 Å². The highest BCUT2D eigenvalue weighted by Gasteiger charge is 2.29. The Labute approximate surface area is 137 Å². The topological polar surface area (TPSA) is 96.5 Å². The molecule has 0 saturated carbocycles. The molecule has 2 rings (SSSR count). The van der Waals surface area contributed by atoms with Crippen LogP contribution in [0.25, 0.3) is 0 Å². The number of hydrazone groups is 1. The average Bonchev–Trinajstić information content (AvgIpc) is 2.88. The van der Waals surface area contributed by atoms with Crippen LogP contribution in [-0.4, -0.2) is 51.8 Å². The molecule has 0 aliphatic carbocycles. The zero-order chi connectivity index (χ0) is 16.7. The maximum atomic E-state index is 10.8. The van der Waals surface area contributed by atoms with Crippen molar-refractivity contribution in [3.8, 4) is 12.3 Å². The predicted octanol–water partition coefficient (Wildman–Crippen LogP) is 0.993. The maximum absolute atomic E-state index is 10.8. The lowest BCUT2D eigenvalue weighted by Crippen LogP contribution is -2.33. The van der Waals surface area contributed by atoms with Crippen LogP contribution < -0.4 is 0 Å². The molecule has 0 N–H and O–H groups in total. The molecule has 0 aromatic carbocycles. The molecule has 23 heavy (non-hydrogen) atoms. The van der Waals surface area contributed by atoms with Crippen molar-refractivity contribution in [1.82, 2.24) is 14.8 Å². The second-order valence-electron chi connectivity index (χ2n) is 4.44. The summed E-state index contributed by atoms with van der Waals surface area (Å²) in [4.78, 5) is 22.8. The Morgan fingerprint density at radius 1 is 1.57 bits per heavy atom. The quantitative estimate of drug-likeness (QED) is 0.146. The first-order valence-corrected chi connectivity index (χ1v) is 6.92. The third-order valence-electron chi connectivity index (χ3n) is 2.89. The summed E-state index contributed by atoms with van der Waals surface area (Å²) in [5, 5.41) is 17.4. The summed E-state index contributed by atoms with van der Waals surface area (Å²) in [7, 11) is 0. The monoisotopic (exact) mass is 336 g/mol. The molecule has 1 aromatic rings. The molecule has 0 bridgehead atoms. The molecule has 120 valence electrons. The number of hydrogen-bond donors (Lipinski definition) is 0. The van der Waals surface area contributed by atoms with Gasteiger partial charge in [0.1, 0.15) is 16.6 Å². The van der Waals surface area contributed by atoms with E-state index < -0.39 is 5.03 Å². The maximum Gasteiger partial charge on any atom is 0.279 e. The number of rotatable bonds is 6. The average molecular weight is 337 g/mol. The van der Waals surface area contributed by atoms with E-state index >= 15 is 0 Å². The Morgan fingerprint density at radius 3 is 3.04 bits per heavy atom. The second kappa shape index (κ2) is 7.95. The van der Waals surface area contributed by atoms with E-state index in [2.05, 4.69) is 21.2 Å². The van der Waals surface area contributed by atoms with E-state index in [4.69, 9.17) is 22.9 Å². The lowest BCUT2D eigenvalue weighted by Gasteiger charge is -2.17. The zero-order valence-electron chi connectivity index (χ0n) is 12.0. The van der Waals surface area contributed by atoms with E-state index in [-0.39, 0.29) is 12.6 Å². The van der Waals surface area contributed by atoms with Gasteiger partial charge in [0.15, 0.2) is 11.6 Å². The Morgan fingerprint density at radius 2 is 2.39 bits per heavy atom. The molecule has 1 saturated heterocycles. The summed E-state index contributed by atoms with van der Waals surface area (Å²) >= 11 is 5.74. The van der Waals surface area contributed by atoms with E-state index in [1.165, 1.54) is 11.2 Å². The second-order valence-corrected chi connectivity index (χ2v) is 4.83. The predicted molar refractivity (Wildman–Crippen MR) is 84.1 cm³/mol. The number of pyridine rings is 1. The van der Waals surface area contributed by atoms with E-state index in [0.717, 1.165) is 5.56 Å². The Balaban J connectivity index is 2.10. The molecule has 10 heteroatoms. The number of hydrogen-bond acceptors (Lipinski definition) is 5. The molecule has 0 spiro atoms. The van der Waals surface area contributed by atoms with Crippen LogP contribution >= 0.6 is 11.6 Å². The van der Waals surface area contributed by atoms with Crippen molar-refractivity contribution in [2.45, 2.75) is 6.54 Å². The fraction of sp³-hybridized carbons (Fsp3) is 0.308. The molecular weight excluding hydrogens is 324 g/mol. The van der Waals surface area contributed by atoms with E-state index in [9.17, 15) is 10.1 Å². The number of oxime groups is 1. The standard InChI is InChI=1S/C13H13ClN6O3/c1-2-7-23-16-10-19-6-5-18(13(19)17-20(21)22)9-11-3-4-12(14)15-8-11/h1,3-4,8,10H,5-7,9H2. The van der Waals surface area contributed by atoms with Crippen molar-refractivity contribution in [2.24, 2.45) is 10.3 Å². The van der Waals surface area contributed by atoms with Gasteiger partial charge in [-0.25, -0.2) is 15.1 Å². The minimum Gasteiger partial charge on any atom is -0.381 e. The van der Waals surface area contributed by atoms with Gasteiger partial charge in [-0.05, 0) is 11.6 Å². The highest BCUT2D eigenvalue weighted by molar-refractivity contribution is 6.29. The van der Waals surface area contributed by atoms with Crippen molar-refractivity contribution in [1.29, 1.82) is 0 Å². The summed E-state index contributed by atoms with van der Waals surface area (Å²) in [6.07, 6.45) is 7.96. The lowest BCUT2D eigenvalue weighted by molar-refractivity contribution is -0.486. The summed E-state index contributed by atoms with van der Waals surface area (Å²) in [6, 6.07) is 3.45. The molecule has 1 aliphatic heterocycles. The minimum atomic E-state index is -0.753. The fourth-order valence-electron chi connectivity index (χ4n) is 1.95. The van der Waals surface area contributed by atoms with Gasteiger partial charge in [-0.2, -0.15) is 0 Å². The number of halogens is 1. The van der Waals surface area contributed by atoms with Crippen LogP contribution in [0.4, 0.5) is 0 Å². The van der Waals surface area contributed by atoms with Gasteiger partial charge in [0.05, 0.1) is 0 Å². The van der Waals surface area contributed by atoms with Crippen LogP contribution in [0.1, 0.15) is 5.56 Å². The highest BCUT2D eigenvalue weighted by atomic mass is 35.5. The van der Waals surface area contributed by atoms with Crippen LogP contribution in [0.5, 0.6) is 0 Å². The van der Waals surface area contributed by atoms with Gasteiger partial charge in [0.2, 0.25) is 0 Å². The highest BCUT2D eigenvalue weighted by Crippen LogP contribution is 2.14. The van der Waals surface area contributed by atoms with Crippen LogP contribution in [0.15, 0.2) is 28.6 Å².